The second-order valence-corrected chi connectivity index (χ2v) is 15.8. The van der Waals surface area contributed by atoms with Gasteiger partial charge in [0.05, 0.1) is 19.8 Å². The van der Waals surface area contributed by atoms with E-state index in [1.807, 2.05) is 6.07 Å². The molecule has 0 bridgehead atoms. The summed E-state index contributed by atoms with van der Waals surface area (Å²) in [5, 5.41) is 3.70. The van der Waals surface area contributed by atoms with Gasteiger partial charge in [0, 0.05) is 28.7 Å². The Balaban J connectivity index is 2.54. The fourth-order valence-electron chi connectivity index (χ4n) is 3.15. The van der Waals surface area contributed by atoms with Gasteiger partial charge >= 0.3 is 5.97 Å². The number of thioether (sulfide) groups is 1. The molecule has 0 fully saturated rings. The van der Waals surface area contributed by atoms with Gasteiger partial charge in [0.15, 0.2) is 17.1 Å². The van der Waals surface area contributed by atoms with Gasteiger partial charge in [-0.3, -0.25) is 4.79 Å². The molecule has 1 aromatic heterocycles. The molecule has 0 radical (unpaired) electrons. The number of ketones is 1. The van der Waals surface area contributed by atoms with Crippen molar-refractivity contribution < 1.29 is 28.0 Å². The van der Waals surface area contributed by atoms with Gasteiger partial charge in [-0.15, -0.1) is 0 Å². The van der Waals surface area contributed by atoms with Crippen LogP contribution in [-0.4, -0.2) is 50.2 Å². The molecule has 194 valence electrons. The van der Waals surface area contributed by atoms with Crippen molar-refractivity contribution in [3.63, 3.8) is 0 Å². The molecular formula is C24H37N3O6SSi. The van der Waals surface area contributed by atoms with E-state index in [0.29, 0.717) is 39.8 Å². The number of aryl methyl sites for hydroxylation is 1. The Kier molecular flexibility index (Phi) is 8.83. The van der Waals surface area contributed by atoms with E-state index >= 15 is 0 Å². The van der Waals surface area contributed by atoms with E-state index in [4.69, 9.17) is 24.2 Å². The van der Waals surface area contributed by atoms with Gasteiger partial charge in [-0.1, -0.05) is 25.9 Å². The molecule has 1 unspecified atom stereocenters. The minimum Gasteiger partial charge on any atom is -0.543 e. The number of carbonyl (C=O) groups excluding carboxylic acids is 2. The number of carbonyl (C=O) groups is 2. The average Bonchev–Trinajstić information content (AvgIpc) is 3.20. The fourth-order valence-corrected chi connectivity index (χ4v) is 5.43. The van der Waals surface area contributed by atoms with E-state index in [1.54, 1.807) is 21.0 Å². The Labute approximate surface area is 212 Å². The summed E-state index contributed by atoms with van der Waals surface area (Å²) in [6.45, 7) is 15.5. The molecule has 1 heterocycles. The summed E-state index contributed by atoms with van der Waals surface area (Å²) >= 11 is 1.37. The first-order valence-corrected chi connectivity index (χ1v) is 15.3. The number of nitrogens with two attached hydrogens (primary N) is 1. The van der Waals surface area contributed by atoms with Crippen LogP contribution >= 0.6 is 11.8 Å². The van der Waals surface area contributed by atoms with Crippen LogP contribution in [0.15, 0.2) is 10.6 Å². The number of hydrogen-bond acceptors (Lipinski definition) is 10. The standard InChI is InChI=1S/C24H37N3O6SSi/c1-14-18(30-7)11-19(33-35(9,10)23(4,5)6)17(20(14)21(29)31-8)12-34-13-24(25,15(2)28)22-26-16(3)27-32-22/h11H,12-13,25H2,1-10H3. The van der Waals surface area contributed by atoms with Crippen molar-refractivity contribution in [2.75, 3.05) is 20.0 Å². The topological polar surface area (TPSA) is 127 Å². The highest BCUT2D eigenvalue weighted by atomic mass is 32.2. The van der Waals surface area contributed by atoms with Gasteiger partial charge in [-0.05, 0) is 38.9 Å². The number of Topliss-reactive ketones (excluding diaryl/α,β-unsaturated/α-hetero) is 1. The lowest BCUT2D eigenvalue weighted by Gasteiger charge is -2.37. The van der Waals surface area contributed by atoms with Crippen molar-refractivity contribution in [1.29, 1.82) is 0 Å². The zero-order valence-corrected chi connectivity index (χ0v) is 24.1. The molecule has 0 spiro atoms. The number of nitrogens with zero attached hydrogens (tertiary/aromatic N) is 2. The van der Waals surface area contributed by atoms with Crippen molar-refractivity contribution in [1.82, 2.24) is 10.1 Å². The van der Waals surface area contributed by atoms with E-state index in [0.717, 1.165) is 0 Å². The van der Waals surface area contributed by atoms with E-state index in [1.165, 1.54) is 25.8 Å². The Morgan fingerprint density at radius 3 is 2.26 bits per heavy atom. The van der Waals surface area contributed by atoms with Crippen molar-refractivity contribution >= 4 is 31.8 Å². The van der Waals surface area contributed by atoms with Gasteiger partial charge in [-0.2, -0.15) is 16.7 Å². The minimum absolute atomic E-state index is 0.0619. The molecule has 1 aromatic carbocycles. The maximum Gasteiger partial charge on any atom is 0.338 e. The van der Waals surface area contributed by atoms with Crippen LogP contribution in [0.5, 0.6) is 11.5 Å². The Morgan fingerprint density at radius 1 is 1.17 bits per heavy atom. The Hall–Kier alpha value is -2.37. The number of hydrogen-bond donors (Lipinski definition) is 1. The van der Waals surface area contributed by atoms with Crippen LogP contribution in [0.1, 0.15) is 60.9 Å². The summed E-state index contributed by atoms with van der Waals surface area (Å²) in [5.74, 6) is 1.25. The van der Waals surface area contributed by atoms with Crippen molar-refractivity contribution in [3.05, 3.63) is 34.5 Å². The number of aromatic nitrogens is 2. The fraction of sp³-hybridized carbons (Fsp3) is 0.583. The van der Waals surface area contributed by atoms with Gasteiger partial charge in [0.25, 0.3) is 5.89 Å². The highest BCUT2D eigenvalue weighted by molar-refractivity contribution is 7.98. The third-order valence-corrected chi connectivity index (χ3v) is 12.0. The molecule has 2 N–H and O–H groups in total. The van der Waals surface area contributed by atoms with Crippen molar-refractivity contribution in [2.45, 2.75) is 71.0 Å². The molecule has 9 nitrogen and oxygen atoms in total. The summed E-state index contributed by atoms with van der Waals surface area (Å²) in [7, 11) is 0.619. The second kappa shape index (κ2) is 10.7. The Bertz CT molecular complexity index is 1100. The number of esters is 1. The lowest BCUT2D eigenvalue weighted by Crippen LogP contribution is -2.46. The molecule has 0 aliphatic rings. The summed E-state index contributed by atoms with van der Waals surface area (Å²) in [4.78, 5) is 29.5. The van der Waals surface area contributed by atoms with Crippen molar-refractivity contribution in [2.24, 2.45) is 5.73 Å². The summed E-state index contributed by atoms with van der Waals surface area (Å²) < 4.78 is 22.5. The highest BCUT2D eigenvalue weighted by Crippen LogP contribution is 2.42. The van der Waals surface area contributed by atoms with Crippen LogP contribution in [0.4, 0.5) is 0 Å². The SMILES string of the molecule is COC(=O)c1c(C)c(OC)cc(O[Si](C)(C)C(C)(C)C)c1CSCC(N)(C(C)=O)c1nc(C)no1. The monoisotopic (exact) mass is 523 g/mol. The van der Waals surface area contributed by atoms with Gasteiger partial charge in [0.2, 0.25) is 8.32 Å². The van der Waals surface area contributed by atoms with E-state index in [2.05, 4.69) is 44.0 Å². The maximum absolute atomic E-state index is 12.9. The molecule has 0 amide bonds. The molecule has 2 aromatic rings. The number of rotatable bonds is 10. The highest BCUT2D eigenvalue weighted by Gasteiger charge is 2.41. The molecule has 2 rings (SSSR count). The van der Waals surface area contributed by atoms with E-state index < -0.39 is 19.8 Å². The lowest BCUT2D eigenvalue weighted by atomic mass is 9.99. The second-order valence-electron chi connectivity index (χ2n) is 10.1. The molecule has 0 aliphatic heterocycles. The van der Waals surface area contributed by atoms with E-state index in [9.17, 15) is 9.59 Å². The molecule has 0 saturated carbocycles. The molecule has 0 saturated heterocycles. The van der Waals surface area contributed by atoms with Gasteiger partial charge in [0.1, 0.15) is 11.5 Å². The van der Waals surface area contributed by atoms with Gasteiger partial charge < -0.3 is 24.2 Å². The zero-order valence-electron chi connectivity index (χ0n) is 22.3. The van der Waals surface area contributed by atoms with Crippen LogP contribution in [0.3, 0.4) is 0 Å². The average molecular weight is 524 g/mol. The van der Waals surface area contributed by atoms with E-state index in [-0.39, 0.29) is 22.5 Å². The number of ether oxygens (including phenoxy) is 2. The molecule has 11 heteroatoms. The Morgan fingerprint density at radius 2 is 1.80 bits per heavy atom. The molecular weight excluding hydrogens is 486 g/mol. The minimum atomic E-state index is -2.27. The third-order valence-electron chi connectivity index (χ3n) is 6.50. The largest absolute Gasteiger partial charge is 0.543 e. The summed E-state index contributed by atoms with van der Waals surface area (Å²) in [6, 6.07) is 1.82. The molecule has 0 aliphatic carbocycles. The van der Waals surface area contributed by atoms with Crippen LogP contribution in [0, 0.1) is 13.8 Å². The first-order chi connectivity index (χ1) is 16.1. The van der Waals surface area contributed by atoms with Crippen LogP contribution in [0.25, 0.3) is 0 Å². The lowest BCUT2D eigenvalue weighted by molar-refractivity contribution is -0.122. The quantitative estimate of drug-likeness (QED) is 0.350. The smallest absolute Gasteiger partial charge is 0.338 e. The van der Waals surface area contributed by atoms with Gasteiger partial charge in [-0.25, -0.2) is 4.79 Å². The first-order valence-electron chi connectivity index (χ1n) is 11.2. The van der Waals surface area contributed by atoms with Crippen LogP contribution in [0.2, 0.25) is 18.1 Å². The number of methoxy groups -OCH3 is 2. The van der Waals surface area contributed by atoms with Crippen LogP contribution in [-0.2, 0) is 20.8 Å². The normalized spacial score (nSPS) is 13.8. The van der Waals surface area contributed by atoms with Crippen LogP contribution < -0.4 is 14.9 Å². The molecule has 1 atom stereocenters. The third kappa shape index (κ3) is 6.07. The summed E-state index contributed by atoms with van der Waals surface area (Å²) in [6.07, 6.45) is 0. The predicted molar refractivity (Wildman–Crippen MR) is 139 cm³/mol. The first kappa shape index (κ1) is 28.9. The molecule has 35 heavy (non-hydrogen) atoms. The zero-order chi connectivity index (χ0) is 26.8. The summed E-state index contributed by atoms with van der Waals surface area (Å²) in [5.41, 5.74) is 6.67. The maximum atomic E-state index is 12.9. The van der Waals surface area contributed by atoms with Crippen molar-refractivity contribution in [3.8, 4) is 11.5 Å². The predicted octanol–water partition coefficient (Wildman–Crippen LogP) is 4.54. The number of benzene rings is 1.